The van der Waals surface area contributed by atoms with E-state index in [0.29, 0.717) is 17.7 Å². The predicted octanol–water partition coefficient (Wildman–Crippen LogP) is 2.48. The maximum absolute atomic E-state index is 10.6. The van der Waals surface area contributed by atoms with Gasteiger partial charge in [-0.25, -0.2) is 0 Å². The first-order chi connectivity index (χ1) is 6.54. The van der Waals surface area contributed by atoms with Crippen LogP contribution < -0.4 is 0 Å². The van der Waals surface area contributed by atoms with Gasteiger partial charge in [-0.3, -0.25) is 9.48 Å². The standard InChI is InChI=1S/C11H18N2O/c1-8(2)5-11-6-10(7-14)12-13(11)9(3)4/h6-9H,5H2,1-4H3. The van der Waals surface area contributed by atoms with Gasteiger partial charge in [0.2, 0.25) is 0 Å². The Balaban J connectivity index is 2.99. The van der Waals surface area contributed by atoms with Gasteiger partial charge in [0.15, 0.2) is 6.29 Å². The van der Waals surface area contributed by atoms with Crippen molar-refractivity contribution in [1.82, 2.24) is 9.78 Å². The number of carbonyl (C=O) groups is 1. The Hall–Kier alpha value is -1.12. The summed E-state index contributed by atoms with van der Waals surface area (Å²) in [5, 5.41) is 4.23. The number of hydrogen-bond donors (Lipinski definition) is 0. The summed E-state index contributed by atoms with van der Waals surface area (Å²) in [7, 11) is 0. The molecule has 0 unspecified atom stereocenters. The average molecular weight is 194 g/mol. The maximum atomic E-state index is 10.6. The molecule has 78 valence electrons. The third-order valence-electron chi connectivity index (χ3n) is 2.06. The molecule has 0 bridgehead atoms. The third-order valence-corrected chi connectivity index (χ3v) is 2.06. The molecule has 0 spiro atoms. The second kappa shape index (κ2) is 4.40. The van der Waals surface area contributed by atoms with E-state index in [1.807, 2.05) is 10.7 Å². The van der Waals surface area contributed by atoms with Crippen molar-refractivity contribution in [3.05, 3.63) is 17.5 Å². The maximum Gasteiger partial charge on any atom is 0.170 e. The zero-order valence-corrected chi connectivity index (χ0v) is 9.32. The largest absolute Gasteiger partial charge is 0.296 e. The van der Waals surface area contributed by atoms with E-state index in [1.54, 1.807) is 0 Å². The first-order valence-electron chi connectivity index (χ1n) is 5.08. The van der Waals surface area contributed by atoms with Crippen LogP contribution in [0.4, 0.5) is 0 Å². The molecule has 0 aliphatic heterocycles. The van der Waals surface area contributed by atoms with E-state index in [0.717, 1.165) is 18.4 Å². The van der Waals surface area contributed by atoms with Gasteiger partial charge in [0, 0.05) is 11.7 Å². The minimum absolute atomic E-state index is 0.317. The molecule has 14 heavy (non-hydrogen) atoms. The Morgan fingerprint density at radius 2 is 2.07 bits per heavy atom. The zero-order valence-electron chi connectivity index (χ0n) is 9.32. The van der Waals surface area contributed by atoms with E-state index < -0.39 is 0 Å². The normalized spacial score (nSPS) is 11.3. The predicted molar refractivity (Wildman–Crippen MR) is 56.5 cm³/mol. The van der Waals surface area contributed by atoms with Crippen molar-refractivity contribution < 1.29 is 4.79 Å². The molecule has 3 nitrogen and oxygen atoms in total. The Morgan fingerprint density at radius 3 is 2.50 bits per heavy atom. The Kier molecular flexibility index (Phi) is 3.44. The highest BCUT2D eigenvalue weighted by Crippen LogP contribution is 2.14. The van der Waals surface area contributed by atoms with E-state index >= 15 is 0 Å². The van der Waals surface area contributed by atoms with E-state index in [4.69, 9.17) is 0 Å². The van der Waals surface area contributed by atoms with E-state index in [-0.39, 0.29) is 0 Å². The summed E-state index contributed by atoms with van der Waals surface area (Å²) in [6, 6.07) is 2.20. The molecule has 0 fully saturated rings. The second-order valence-corrected chi connectivity index (χ2v) is 4.31. The quantitative estimate of drug-likeness (QED) is 0.690. The van der Waals surface area contributed by atoms with Crippen molar-refractivity contribution in [2.75, 3.05) is 0 Å². The molecule has 0 atom stereocenters. The van der Waals surface area contributed by atoms with E-state index in [2.05, 4.69) is 32.8 Å². The molecular formula is C11H18N2O. The fraction of sp³-hybridized carbons (Fsp3) is 0.636. The molecule has 0 radical (unpaired) electrons. The molecule has 1 aromatic rings. The number of nitrogens with zero attached hydrogens (tertiary/aromatic N) is 2. The SMILES string of the molecule is CC(C)Cc1cc(C=O)nn1C(C)C. The van der Waals surface area contributed by atoms with Gasteiger partial charge in [0.1, 0.15) is 5.69 Å². The van der Waals surface area contributed by atoms with E-state index in [1.165, 1.54) is 0 Å². The Labute approximate surface area is 85.1 Å². The highest BCUT2D eigenvalue weighted by atomic mass is 16.1. The molecule has 1 rings (SSSR count). The molecule has 0 saturated heterocycles. The van der Waals surface area contributed by atoms with Crippen molar-refractivity contribution in [2.45, 2.75) is 40.2 Å². The van der Waals surface area contributed by atoms with Gasteiger partial charge < -0.3 is 0 Å². The molecular weight excluding hydrogens is 176 g/mol. The third kappa shape index (κ3) is 2.44. The summed E-state index contributed by atoms with van der Waals surface area (Å²) in [6.07, 6.45) is 1.78. The van der Waals surface area contributed by atoms with Crippen LogP contribution in [0, 0.1) is 5.92 Å². The van der Waals surface area contributed by atoms with Crippen LogP contribution in [0.15, 0.2) is 6.07 Å². The lowest BCUT2D eigenvalue weighted by Crippen LogP contribution is -2.09. The molecule has 3 heteroatoms. The zero-order chi connectivity index (χ0) is 10.7. The van der Waals surface area contributed by atoms with Crippen molar-refractivity contribution >= 4 is 6.29 Å². The van der Waals surface area contributed by atoms with E-state index in [9.17, 15) is 4.79 Å². The first kappa shape index (κ1) is 11.0. The van der Waals surface area contributed by atoms with Crippen LogP contribution in [0.2, 0.25) is 0 Å². The second-order valence-electron chi connectivity index (χ2n) is 4.31. The fourth-order valence-electron chi connectivity index (χ4n) is 1.53. The van der Waals surface area contributed by atoms with Crippen molar-refractivity contribution in [2.24, 2.45) is 5.92 Å². The van der Waals surface area contributed by atoms with Crippen LogP contribution in [0.25, 0.3) is 0 Å². The number of carbonyl (C=O) groups excluding carboxylic acids is 1. The molecule has 0 aliphatic rings. The number of rotatable bonds is 4. The van der Waals surface area contributed by atoms with Gasteiger partial charge >= 0.3 is 0 Å². The van der Waals surface area contributed by atoms with Crippen LogP contribution in [-0.4, -0.2) is 16.1 Å². The van der Waals surface area contributed by atoms with Gasteiger partial charge in [-0.1, -0.05) is 13.8 Å². The van der Waals surface area contributed by atoms with Gasteiger partial charge in [-0.2, -0.15) is 5.10 Å². The Bertz CT molecular complexity index is 313. The highest BCUT2D eigenvalue weighted by molar-refractivity contribution is 5.71. The lowest BCUT2D eigenvalue weighted by Gasteiger charge is -2.11. The van der Waals surface area contributed by atoms with Crippen molar-refractivity contribution in [3.8, 4) is 0 Å². The van der Waals surface area contributed by atoms with Gasteiger partial charge in [0.25, 0.3) is 0 Å². The van der Waals surface area contributed by atoms with Crippen LogP contribution in [0.5, 0.6) is 0 Å². The molecule has 0 amide bonds. The van der Waals surface area contributed by atoms with Gasteiger partial charge in [-0.05, 0) is 32.3 Å². The van der Waals surface area contributed by atoms with Crippen LogP contribution in [0.3, 0.4) is 0 Å². The van der Waals surface area contributed by atoms with Crippen molar-refractivity contribution in [3.63, 3.8) is 0 Å². The molecule has 0 saturated carbocycles. The smallest absolute Gasteiger partial charge is 0.170 e. The van der Waals surface area contributed by atoms with Crippen molar-refractivity contribution in [1.29, 1.82) is 0 Å². The summed E-state index contributed by atoms with van der Waals surface area (Å²) >= 11 is 0. The summed E-state index contributed by atoms with van der Waals surface area (Å²) in [5.74, 6) is 0.587. The molecule has 0 N–H and O–H groups in total. The molecule has 0 aliphatic carbocycles. The van der Waals surface area contributed by atoms with Gasteiger partial charge in [0.05, 0.1) is 0 Å². The molecule has 0 aromatic carbocycles. The number of aldehydes is 1. The monoisotopic (exact) mass is 194 g/mol. The number of hydrogen-bond acceptors (Lipinski definition) is 2. The summed E-state index contributed by atoms with van der Waals surface area (Å²) < 4.78 is 1.93. The Morgan fingerprint density at radius 1 is 1.43 bits per heavy atom. The topological polar surface area (TPSA) is 34.9 Å². The average Bonchev–Trinajstić information content (AvgIpc) is 2.46. The first-order valence-corrected chi connectivity index (χ1v) is 5.08. The fourth-order valence-corrected chi connectivity index (χ4v) is 1.53. The van der Waals surface area contributed by atoms with Crippen LogP contribution in [0.1, 0.15) is 49.9 Å². The van der Waals surface area contributed by atoms with Crippen LogP contribution >= 0.6 is 0 Å². The van der Waals surface area contributed by atoms with Crippen LogP contribution in [-0.2, 0) is 6.42 Å². The van der Waals surface area contributed by atoms with Gasteiger partial charge in [-0.15, -0.1) is 0 Å². The lowest BCUT2D eigenvalue weighted by atomic mass is 10.1. The summed E-state index contributed by atoms with van der Waals surface area (Å²) in [6.45, 7) is 8.48. The number of aromatic nitrogens is 2. The minimum Gasteiger partial charge on any atom is -0.296 e. The highest BCUT2D eigenvalue weighted by Gasteiger charge is 2.10. The molecule has 1 heterocycles. The lowest BCUT2D eigenvalue weighted by molar-refractivity contribution is 0.111. The summed E-state index contributed by atoms with van der Waals surface area (Å²) in [4.78, 5) is 10.6. The molecule has 1 aromatic heterocycles. The minimum atomic E-state index is 0.317. The summed E-state index contributed by atoms with van der Waals surface area (Å²) in [5.41, 5.74) is 1.69.